The third kappa shape index (κ3) is 2.38. The molecule has 1 aromatic carbocycles. The number of hydrogen-bond donors (Lipinski definition) is 1. The number of rotatable bonds is 3. The first-order chi connectivity index (χ1) is 7.77. The van der Waals surface area contributed by atoms with Gasteiger partial charge in [-0.25, -0.2) is 0 Å². The topological polar surface area (TPSA) is 53.0 Å². The Bertz CT molecular complexity index is 456. The maximum absolute atomic E-state index is 11.4. The van der Waals surface area contributed by atoms with Crippen LogP contribution in [-0.4, -0.2) is 0 Å². The van der Waals surface area contributed by atoms with Gasteiger partial charge in [-0.1, -0.05) is 36.4 Å². The number of pyridine rings is 1. The molecule has 82 valence electrons. The molecule has 2 N–H and O–H groups in total. The number of nitrogens with two attached hydrogens (primary N) is 1. The summed E-state index contributed by atoms with van der Waals surface area (Å²) in [7, 11) is 0. The van der Waals surface area contributed by atoms with Crippen LogP contribution in [0.4, 0.5) is 0 Å². The Kier molecular flexibility index (Phi) is 3.17. The minimum Gasteiger partial charge on any atom is -0.619 e. The van der Waals surface area contributed by atoms with Gasteiger partial charge in [-0.2, -0.15) is 4.73 Å². The maximum atomic E-state index is 11.4. The Morgan fingerprint density at radius 3 is 2.44 bits per heavy atom. The largest absolute Gasteiger partial charge is 0.619 e. The van der Waals surface area contributed by atoms with E-state index in [0.717, 1.165) is 10.3 Å². The van der Waals surface area contributed by atoms with Gasteiger partial charge in [0, 0.05) is 18.2 Å². The van der Waals surface area contributed by atoms with Crippen molar-refractivity contribution in [2.75, 3.05) is 0 Å². The summed E-state index contributed by atoms with van der Waals surface area (Å²) in [6, 6.07) is 15.0. The lowest BCUT2D eigenvalue weighted by Gasteiger charge is -2.11. The zero-order valence-corrected chi connectivity index (χ0v) is 8.91. The van der Waals surface area contributed by atoms with Crippen LogP contribution in [-0.2, 0) is 6.42 Å². The van der Waals surface area contributed by atoms with Gasteiger partial charge < -0.3 is 10.9 Å². The third-order valence-corrected chi connectivity index (χ3v) is 2.56. The predicted molar refractivity (Wildman–Crippen MR) is 62.5 cm³/mol. The van der Waals surface area contributed by atoms with Crippen molar-refractivity contribution in [3.8, 4) is 0 Å². The number of nitrogens with zero attached hydrogens (tertiary/aromatic N) is 1. The molecule has 0 radical (unpaired) electrons. The van der Waals surface area contributed by atoms with Crippen molar-refractivity contribution in [1.29, 1.82) is 0 Å². The van der Waals surface area contributed by atoms with Gasteiger partial charge in [-0.15, -0.1) is 0 Å². The summed E-state index contributed by atoms with van der Waals surface area (Å²) in [5.74, 6) is 0. The second-order valence-corrected chi connectivity index (χ2v) is 3.74. The smallest absolute Gasteiger partial charge is 0.194 e. The molecule has 0 aliphatic heterocycles. The summed E-state index contributed by atoms with van der Waals surface area (Å²) >= 11 is 0. The fraction of sp³-hybridized carbons (Fsp3) is 0.154. The SMILES string of the molecule is NC(Cc1cccc[n+]1[O-])c1ccccc1. The van der Waals surface area contributed by atoms with Crippen LogP contribution in [0.15, 0.2) is 54.7 Å². The molecule has 1 unspecified atom stereocenters. The molecule has 0 amide bonds. The fourth-order valence-electron chi connectivity index (χ4n) is 1.67. The Hall–Kier alpha value is -1.87. The molecule has 3 heteroatoms. The average molecular weight is 214 g/mol. The quantitative estimate of drug-likeness (QED) is 0.622. The average Bonchev–Trinajstić information content (AvgIpc) is 2.33. The van der Waals surface area contributed by atoms with E-state index in [4.69, 9.17) is 5.73 Å². The predicted octanol–water partition coefficient (Wildman–Crippen LogP) is 1.56. The van der Waals surface area contributed by atoms with Crippen molar-refractivity contribution >= 4 is 0 Å². The van der Waals surface area contributed by atoms with Crippen molar-refractivity contribution in [3.63, 3.8) is 0 Å². The van der Waals surface area contributed by atoms with Crippen molar-refractivity contribution in [2.24, 2.45) is 5.73 Å². The first-order valence-corrected chi connectivity index (χ1v) is 5.25. The minimum absolute atomic E-state index is 0.135. The van der Waals surface area contributed by atoms with Gasteiger partial charge in [0.05, 0.1) is 6.42 Å². The first-order valence-electron chi connectivity index (χ1n) is 5.25. The number of benzene rings is 1. The molecule has 0 spiro atoms. The Labute approximate surface area is 94.7 Å². The molecule has 0 aliphatic rings. The van der Waals surface area contributed by atoms with E-state index in [1.165, 1.54) is 6.20 Å². The van der Waals surface area contributed by atoms with Gasteiger partial charge >= 0.3 is 0 Å². The molecular formula is C13H14N2O. The van der Waals surface area contributed by atoms with E-state index in [9.17, 15) is 5.21 Å². The van der Waals surface area contributed by atoms with E-state index in [-0.39, 0.29) is 6.04 Å². The molecule has 0 saturated heterocycles. The molecule has 16 heavy (non-hydrogen) atoms. The molecule has 0 saturated carbocycles. The molecule has 0 aliphatic carbocycles. The molecule has 1 atom stereocenters. The molecule has 0 bridgehead atoms. The van der Waals surface area contributed by atoms with E-state index in [1.54, 1.807) is 12.1 Å². The highest BCUT2D eigenvalue weighted by Crippen LogP contribution is 2.13. The first kappa shape index (κ1) is 10.6. The highest BCUT2D eigenvalue weighted by molar-refractivity contribution is 5.19. The lowest BCUT2D eigenvalue weighted by molar-refractivity contribution is -0.614. The second kappa shape index (κ2) is 4.77. The highest BCUT2D eigenvalue weighted by atomic mass is 16.5. The van der Waals surface area contributed by atoms with Crippen LogP contribution < -0.4 is 10.5 Å². The summed E-state index contributed by atoms with van der Waals surface area (Å²) in [6.07, 6.45) is 2.04. The Balaban J connectivity index is 2.14. The molecular weight excluding hydrogens is 200 g/mol. The van der Waals surface area contributed by atoms with E-state index >= 15 is 0 Å². The van der Waals surface area contributed by atoms with Gasteiger partial charge in [0.15, 0.2) is 11.9 Å². The minimum atomic E-state index is -0.135. The summed E-state index contributed by atoms with van der Waals surface area (Å²) in [5, 5.41) is 11.4. The Morgan fingerprint density at radius 2 is 1.75 bits per heavy atom. The molecule has 2 rings (SSSR count). The fourth-order valence-corrected chi connectivity index (χ4v) is 1.67. The number of hydrogen-bond acceptors (Lipinski definition) is 2. The van der Waals surface area contributed by atoms with Gasteiger partial charge in [0.1, 0.15) is 0 Å². The van der Waals surface area contributed by atoms with Gasteiger partial charge in [-0.05, 0) is 5.56 Å². The third-order valence-electron chi connectivity index (χ3n) is 2.56. The van der Waals surface area contributed by atoms with Crippen LogP contribution in [0.2, 0.25) is 0 Å². The summed E-state index contributed by atoms with van der Waals surface area (Å²) < 4.78 is 0.864. The van der Waals surface area contributed by atoms with Crippen LogP contribution in [0.3, 0.4) is 0 Å². The van der Waals surface area contributed by atoms with E-state index in [1.807, 2.05) is 36.4 Å². The lowest BCUT2D eigenvalue weighted by Crippen LogP contribution is -2.33. The molecule has 3 nitrogen and oxygen atoms in total. The van der Waals surface area contributed by atoms with E-state index in [2.05, 4.69) is 0 Å². The maximum Gasteiger partial charge on any atom is 0.194 e. The van der Waals surface area contributed by atoms with Crippen LogP contribution in [0, 0.1) is 5.21 Å². The Morgan fingerprint density at radius 1 is 1.06 bits per heavy atom. The zero-order valence-electron chi connectivity index (χ0n) is 8.91. The lowest BCUT2D eigenvalue weighted by atomic mass is 10.0. The van der Waals surface area contributed by atoms with E-state index < -0.39 is 0 Å². The van der Waals surface area contributed by atoms with Crippen molar-refractivity contribution in [2.45, 2.75) is 12.5 Å². The second-order valence-electron chi connectivity index (χ2n) is 3.74. The highest BCUT2D eigenvalue weighted by Gasteiger charge is 2.11. The van der Waals surface area contributed by atoms with Crippen LogP contribution in [0.1, 0.15) is 17.3 Å². The summed E-state index contributed by atoms with van der Waals surface area (Å²) in [6.45, 7) is 0. The standard InChI is InChI=1S/C13H14N2O/c14-13(11-6-2-1-3-7-11)10-12-8-4-5-9-15(12)16/h1-9,13H,10,14H2. The normalized spacial score (nSPS) is 12.3. The van der Waals surface area contributed by atoms with E-state index in [0.29, 0.717) is 12.1 Å². The van der Waals surface area contributed by atoms with Crippen LogP contribution in [0.25, 0.3) is 0 Å². The van der Waals surface area contributed by atoms with Crippen molar-refractivity contribution in [3.05, 3.63) is 71.2 Å². The molecule has 1 aromatic heterocycles. The molecule has 1 heterocycles. The zero-order chi connectivity index (χ0) is 11.4. The van der Waals surface area contributed by atoms with Gasteiger partial charge in [-0.3, -0.25) is 0 Å². The van der Waals surface area contributed by atoms with Crippen LogP contribution in [0.5, 0.6) is 0 Å². The van der Waals surface area contributed by atoms with Crippen molar-refractivity contribution in [1.82, 2.24) is 0 Å². The molecule has 0 fully saturated rings. The summed E-state index contributed by atoms with van der Waals surface area (Å²) in [5.41, 5.74) is 7.78. The van der Waals surface area contributed by atoms with Gasteiger partial charge in [0.25, 0.3) is 0 Å². The monoisotopic (exact) mass is 214 g/mol. The summed E-state index contributed by atoms with van der Waals surface area (Å²) in [4.78, 5) is 0. The van der Waals surface area contributed by atoms with Crippen molar-refractivity contribution < 1.29 is 4.73 Å². The van der Waals surface area contributed by atoms with Crippen LogP contribution >= 0.6 is 0 Å². The number of aromatic nitrogens is 1. The van der Waals surface area contributed by atoms with Gasteiger partial charge in [0.2, 0.25) is 0 Å². The molecule has 2 aromatic rings.